The van der Waals surface area contributed by atoms with Gasteiger partial charge in [-0.3, -0.25) is 0 Å². The van der Waals surface area contributed by atoms with Crippen molar-refractivity contribution in [2.45, 2.75) is 45.8 Å². The van der Waals surface area contributed by atoms with E-state index in [-0.39, 0.29) is 22.9 Å². The summed E-state index contributed by atoms with van der Waals surface area (Å²) in [6.45, 7) is 6.71. The second-order valence-corrected chi connectivity index (χ2v) is 7.75. The maximum Gasteiger partial charge on any atom is 0.0937 e. The van der Waals surface area contributed by atoms with Crippen molar-refractivity contribution < 1.29 is 10.2 Å². The Hall–Kier alpha value is -0.380. The van der Waals surface area contributed by atoms with E-state index in [4.69, 9.17) is 0 Å². The molecule has 0 unspecified atom stereocenters. The lowest BCUT2D eigenvalue weighted by Crippen LogP contribution is -2.39. The summed E-state index contributed by atoms with van der Waals surface area (Å²) in [4.78, 5) is 0.992. The molecule has 100 valence electrons. The van der Waals surface area contributed by atoms with Gasteiger partial charge in [0.05, 0.1) is 12.2 Å². The summed E-state index contributed by atoms with van der Waals surface area (Å²) in [6, 6.07) is 3.94. The first kappa shape index (κ1) is 12.6. The molecule has 1 heterocycles. The fourth-order valence-corrected chi connectivity index (χ4v) is 5.22. The smallest absolute Gasteiger partial charge is 0.0937 e. The fourth-order valence-electron chi connectivity index (χ4n) is 4.45. The van der Waals surface area contributed by atoms with Gasteiger partial charge in [0.25, 0.3) is 0 Å². The summed E-state index contributed by atoms with van der Waals surface area (Å²) in [7, 11) is 0. The number of rotatable bonds is 2. The van der Waals surface area contributed by atoms with Crippen LogP contribution < -0.4 is 0 Å². The molecule has 2 aliphatic carbocycles. The summed E-state index contributed by atoms with van der Waals surface area (Å²) < 4.78 is 0. The molecule has 0 radical (unpaired) electrons. The summed E-state index contributed by atoms with van der Waals surface area (Å²) in [5.41, 5.74) is 0.0793. The Labute approximate surface area is 113 Å². The van der Waals surface area contributed by atoms with E-state index in [1.54, 1.807) is 11.3 Å². The highest BCUT2D eigenvalue weighted by atomic mass is 32.1. The molecule has 0 spiro atoms. The lowest BCUT2D eigenvalue weighted by atomic mass is 9.70. The van der Waals surface area contributed by atoms with E-state index < -0.39 is 6.10 Å². The van der Waals surface area contributed by atoms with Crippen LogP contribution in [0.3, 0.4) is 0 Å². The van der Waals surface area contributed by atoms with Crippen LogP contribution in [-0.2, 0) is 0 Å². The van der Waals surface area contributed by atoms with Gasteiger partial charge in [0.1, 0.15) is 0 Å². The lowest BCUT2D eigenvalue weighted by molar-refractivity contribution is -0.0505. The van der Waals surface area contributed by atoms with Crippen molar-refractivity contribution in [2.75, 3.05) is 0 Å². The minimum absolute atomic E-state index is 0.00241. The van der Waals surface area contributed by atoms with Crippen molar-refractivity contribution in [1.29, 1.82) is 0 Å². The van der Waals surface area contributed by atoms with Crippen LogP contribution in [0.25, 0.3) is 0 Å². The van der Waals surface area contributed by atoms with Gasteiger partial charge in [-0.2, -0.15) is 0 Å². The molecular formula is C15H22O2S. The molecule has 18 heavy (non-hydrogen) atoms. The first-order valence-corrected chi connectivity index (χ1v) is 7.67. The number of hydrogen-bond acceptors (Lipinski definition) is 3. The van der Waals surface area contributed by atoms with Crippen LogP contribution in [0.4, 0.5) is 0 Å². The Morgan fingerprint density at radius 3 is 2.61 bits per heavy atom. The van der Waals surface area contributed by atoms with Crippen molar-refractivity contribution in [3.8, 4) is 0 Å². The maximum absolute atomic E-state index is 10.7. The second kappa shape index (κ2) is 3.81. The Balaban J connectivity index is 1.96. The van der Waals surface area contributed by atoms with Gasteiger partial charge in [-0.15, -0.1) is 11.3 Å². The summed E-state index contributed by atoms with van der Waals surface area (Å²) in [5.74, 6) is 0.423. The van der Waals surface area contributed by atoms with E-state index in [9.17, 15) is 10.2 Å². The Kier molecular flexibility index (Phi) is 2.68. The minimum Gasteiger partial charge on any atom is -0.392 e. The number of aliphatic hydroxyl groups excluding tert-OH is 2. The molecule has 1 aromatic heterocycles. The number of thiophene rings is 1. The maximum atomic E-state index is 10.7. The molecule has 0 saturated heterocycles. The Morgan fingerprint density at radius 1 is 1.39 bits per heavy atom. The second-order valence-electron chi connectivity index (χ2n) is 6.77. The zero-order chi connectivity index (χ0) is 13.1. The third kappa shape index (κ3) is 1.36. The van der Waals surface area contributed by atoms with Crippen molar-refractivity contribution in [3.05, 3.63) is 22.4 Å². The SMILES string of the molecule is CC1(C)[C@@H]2CC[C@@]1(C)[C@H](O)[C@@H]2[C@@H](O)c1cccs1. The zero-order valence-corrected chi connectivity index (χ0v) is 12.1. The van der Waals surface area contributed by atoms with E-state index in [2.05, 4.69) is 20.8 Å². The van der Waals surface area contributed by atoms with Crippen molar-refractivity contribution >= 4 is 11.3 Å². The van der Waals surface area contributed by atoms with Crippen LogP contribution in [0.15, 0.2) is 17.5 Å². The topological polar surface area (TPSA) is 40.5 Å². The highest BCUT2D eigenvalue weighted by Gasteiger charge is 2.67. The third-order valence-corrected chi connectivity index (χ3v) is 7.00. The van der Waals surface area contributed by atoms with E-state index in [1.165, 1.54) is 0 Å². The third-order valence-electron chi connectivity index (χ3n) is 6.05. The monoisotopic (exact) mass is 266 g/mol. The molecule has 2 fully saturated rings. The number of fused-ring (bicyclic) bond motifs is 2. The molecule has 3 heteroatoms. The zero-order valence-electron chi connectivity index (χ0n) is 11.3. The molecule has 2 N–H and O–H groups in total. The van der Waals surface area contributed by atoms with Crippen LogP contribution in [-0.4, -0.2) is 16.3 Å². The van der Waals surface area contributed by atoms with Gasteiger partial charge in [-0.05, 0) is 41.0 Å². The highest BCUT2D eigenvalue weighted by molar-refractivity contribution is 7.10. The first-order chi connectivity index (χ1) is 8.39. The molecule has 2 bridgehead atoms. The average Bonchev–Trinajstić information content (AvgIpc) is 2.94. The molecule has 2 nitrogen and oxygen atoms in total. The van der Waals surface area contributed by atoms with Gasteiger partial charge in [-0.25, -0.2) is 0 Å². The standard InChI is InChI=1S/C15H22O2S/c1-14(2)9-6-7-15(14,3)13(17)11(9)12(16)10-5-4-8-18-10/h4-5,8-9,11-13,16-17H,6-7H2,1-3H3/t9-,11+,12+,13-,15+/m1/s1. The van der Waals surface area contributed by atoms with E-state index in [0.717, 1.165) is 17.7 Å². The van der Waals surface area contributed by atoms with E-state index in [1.807, 2.05) is 17.5 Å². The van der Waals surface area contributed by atoms with Gasteiger partial charge in [0.2, 0.25) is 0 Å². The summed E-state index contributed by atoms with van der Waals surface area (Å²) in [5, 5.41) is 23.3. The van der Waals surface area contributed by atoms with Gasteiger partial charge in [-0.1, -0.05) is 26.8 Å². The first-order valence-electron chi connectivity index (χ1n) is 6.79. The molecule has 1 aromatic rings. The van der Waals surface area contributed by atoms with Crippen LogP contribution in [0.2, 0.25) is 0 Å². The number of aliphatic hydroxyl groups is 2. The quantitative estimate of drug-likeness (QED) is 0.863. The molecule has 0 aromatic carbocycles. The van der Waals surface area contributed by atoms with Crippen LogP contribution in [0, 0.1) is 22.7 Å². The average molecular weight is 266 g/mol. The molecule has 0 amide bonds. The van der Waals surface area contributed by atoms with E-state index in [0.29, 0.717) is 5.92 Å². The normalized spacial score (nSPS) is 43.3. The fraction of sp³-hybridized carbons (Fsp3) is 0.733. The molecule has 2 saturated carbocycles. The largest absolute Gasteiger partial charge is 0.392 e. The lowest BCUT2D eigenvalue weighted by Gasteiger charge is -2.37. The molecule has 0 aliphatic heterocycles. The van der Waals surface area contributed by atoms with E-state index >= 15 is 0 Å². The van der Waals surface area contributed by atoms with Crippen LogP contribution in [0.5, 0.6) is 0 Å². The Bertz CT molecular complexity index is 439. The molecule has 5 atom stereocenters. The minimum atomic E-state index is -0.508. The highest BCUT2D eigenvalue weighted by Crippen LogP contribution is 2.69. The van der Waals surface area contributed by atoms with Crippen molar-refractivity contribution in [2.24, 2.45) is 22.7 Å². The van der Waals surface area contributed by atoms with Gasteiger partial charge in [0.15, 0.2) is 0 Å². The Morgan fingerprint density at radius 2 is 2.11 bits per heavy atom. The number of hydrogen-bond donors (Lipinski definition) is 2. The summed E-state index contributed by atoms with van der Waals surface area (Å²) >= 11 is 1.59. The predicted octanol–water partition coefficient (Wildman–Crippen LogP) is 3.21. The van der Waals surface area contributed by atoms with Gasteiger partial charge < -0.3 is 10.2 Å². The van der Waals surface area contributed by atoms with Crippen molar-refractivity contribution in [1.82, 2.24) is 0 Å². The van der Waals surface area contributed by atoms with Gasteiger partial charge >= 0.3 is 0 Å². The molecule has 3 rings (SSSR count). The van der Waals surface area contributed by atoms with Gasteiger partial charge in [0, 0.05) is 10.8 Å². The van der Waals surface area contributed by atoms with Crippen molar-refractivity contribution in [3.63, 3.8) is 0 Å². The van der Waals surface area contributed by atoms with Crippen LogP contribution >= 0.6 is 11.3 Å². The molecule has 2 aliphatic rings. The molecular weight excluding hydrogens is 244 g/mol. The summed E-state index contributed by atoms with van der Waals surface area (Å²) in [6.07, 6.45) is 1.32. The van der Waals surface area contributed by atoms with Crippen LogP contribution in [0.1, 0.15) is 44.6 Å². The predicted molar refractivity (Wildman–Crippen MR) is 73.4 cm³/mol.